The monoisotopic (exact) mass is 287 g/mol. The van der Waals surface area contributed by atoms with E-state index >= 15 is 0 Å². The van der Waals surface area contributed by atoms with E-state index in [0.29, 0.717) is 16.8 Å². The van der Waals surface area contributed by atoms with Crippen LogP contribution in [0.4, 0.5) is 10.1 Å². The molecule has 0 saturated carbocycles. The number of halogens is 1. The molecule has 0 radical (unpaired) electrons. The van der Waals surface area contributed by atoms with Gasteiger partial charge in [0, 0.05) is 5.69 Å². The van der Waals surface area contributed by atoms with Gasteiger partial charge in [-0.1, -0.05) is 18.2 Å². The molecule has 1 N–H and O–H groups in total. The molecule has 2 aromatic rings. The lowest BCUT2D eigenvalue weighted by Gasteiger charge is -2.08. The van der Waals surface area contributed by atoms with Crippen LogP contribution in [0.15, 0.2) is 42.5 Å². The summed E-state index contributed by atoms with van der Waals surface area (Å²) in [5, 5.41) is 2.56. The van der Waals surface area contributed by atoms with Crippen molar-refractivity contribution in [3.05, 3.63) is 65.0 Å². The SMILES string of the molecule is COC(=O)c1cccc(NC(=O)c2cccc(C)c2F)c1. The number of carbonyl (C=O) groups excluding carboxylic acids is 2. The highest BCUT2D eigenvalue weighted by Crippen LogP contribution is 2.16. The summed E-state index contributed by atoms with van der Waals surface area (Å²) in [6, 6.07) is 10.8. The van der Waals surface area contributed by atoms with Crippen molar-refractivity contribution >= 4 is 17.6 Å². The maximum atomic E-state index is 13.9. The van der Waals surface area contributed by atoms with Gasteiger partial charge in [-0.05, 0) is 36.8 Å². The van der Waals surface area contributed by atoms with Gasteiger partial charge in [0.1, 0.15) is 5.82 Å². The zero-order chi connectivity index (χ0) is 15.4. The van der Waals surface area contributed by atoms with E-state index in [1.54, 1.807) is 37.3 Å². The van der Waals surface area contributed by atoms with Gasteiger partial charge in [-0.2, -0.15) is 0 Å². The minimum atomic E-state index is -0.571. The van der Waals surface area contributed by atoms with Crippen molar-refractivity contribution in [3.63, 3.8) is 0 Å². The number of ether oxygens (including phenoxy) is 1. The Labute approximate surface area is 121 Å². The molecule has 0 bridgehead atoms. The van der Waals surface area contributed by atoms with Crippen molar-refractivity contribution < 1.29 is 18.7 Å². The van der Waals surface area contributed by atoms with Crippen LogP contribution >= 0.6 is 0 Å². The Morgan fingerprint density at radius 1 is 1.14 bits per heavy atom. The highest BCUT2D eigenvalue weighted by molar-refractivity contribution is 6.05. The molecule has 0 aliphatic carbocycles. The minimum absolute atomic E-state index is 0.0431. The first kappa shape index (κ1) is 14.7. The molecular formula is C16H14FNO3. The first-order valence-corrected chi connectivity index (χ1v) is 6.27. The maximum Gasteiger partial charge on any atom is 0.337 e. The van der Waals surface area contributed by atoms with E-state index in [-0.39, 0.29) is 5.56 Å². The van der Waals surface area contributed by atoms with Crippen LogP contribution < -0.4 is 5.32 Å². The standard InChI is InChI=1S/C16H14FNO3/c1-10-5-3-8-13(14(10)17)15(19)18-12-7-4-6-11(9-12)16(20)21-2/h3-9H,1-2H3,(H,18,19). The van der Waals surface area contributed by atoms with Gasteiger partial charge in [-0.15, -0.1) is 0 Å². The first-order chi connectivity index (χ1) is 10.0. The molecule has 0 spiro atoms. The largest absolute Gasteiger partial charge is 0.465 e. The van der Waals surface area contributed by atoms with Gasteiger partial charge in [0.05, 0.1) is 18.2 Å². The number of carbonyl (C=O) groups is 2. The predicted octanol–water partition coefficient (Wildman–Crippen LogP) is 3.17. The van der Waals surface area contributed by atoms with Gasteiger partial charge in [0.25, 0.3) is 5.91 Å². The summed E-state index contributed by atoms with van der Waals surface area (Å²) < 4.78 is 18.5. The molecule has 2 rings (SSSR count). The maximum absolute atomic E-state index is 13.9. The molecule has 0 aliphatic rings. The Balaban J connectivity index is 2.24. The van der Waals surface area contributed by atoms with Crippen LogP contribution in [-0.2, 0) is 4.74 Å². The molecule has 0 saturated heterocycles. The van der Waals surface area contributed by atoms with Gasteiger partial charge in [-0.3, -0.25) is 4.79 Å². The molecule has 1 amide bonds. The quantitative estimate of drug-likeness (QED) is 0.882. The molecule has 21 heavy (non-hydrogen) atoms. The number of esters is 1. The Kier molecular flexibility index (Phi) is 4.33. The molecular weight excluding hydrogens is 273 g/mol. The third-order valence-corrected chi connectivity index (χ3v) is 2.98. The van der Waals surface area contributed by atoms with E-state index in [0.717, 1.165) is 0 Å². The van der Waals surface area contributed by atoms with E-state index in [1.807, 2.05) is 0 Å². The van der Waals surface area contributed by atoms with Crippen LogP contribution in [-0.4, -0.2) is 19.0 Å². The van der Waals surface area contributed by atoms with Crippen LogP contribution in [0.2, 0.25) is 0 Å². The average molecular weight is 287 g/mol. The molecule has 2 aromatic carbocycles. The molecule has 0 atom stereocenters. The van der Waals surface area contributed by atoms with Crippen LogP contribution in [0.25, 0.3) is 0 Å². The van der Waals surface area contributed by atoms with Gasteiger partial charge in [-0.25, -0.2) is 9.18 Å². The fourth-order valence-electron chi connectivity index (χ4n) is 1.86. The molecule has 0 unspecified atom stereocenters. The van der Waals surface area contributed by atoms with E-state index in [2.05, 4.69) is 10.1 Å². The van der Waals surface area contributed by atoms with Crippen LogP contribution in [0.3, 0.4) is 0 Å². The highest BCUT2D eigenvalue weighted by Gasteiger charge is 2.14. The Morgan fingerprint density at radius 3 is 2.57 bits per heavy atom. The van der Waals surface area contributed by atoms with Gasteiger partial charge in [0.15, 0.2) is 0 Å². The smallest absolute Gasteiger partial charge is 0.337 e. The number of nitrogens with one attached hydrogen (secondary N) is 1. The normalized spacial score (nSPS) is 10.0. The summed E-state index contributed by atoms with van der Waals surface area (Å²) in [6.07, 6.45) is 0. The number of amides is 1. The summed E-state index contributed by atoms with van der Waals surface area (Å²) in [5.74, 6) is -1.63. The highest BCUT2D eigenvalue weighted by atomic mass is 19.1. The summed E-state index contributed by atoms with van der Waals surface area (Å²) >= 11 is 0. The number of anilines is 1. The third kappa shape index (κ3) is 3.25. The Morgan fingerprint density at radius 2 is 1.86 bits per heavy atom. The van der Waals surface area contributed by atoms with Crippen LogP contribution in [0.5, 0.6) is 0 Å². The first-order valence-electron chi connectivity index (χ1n) is 6.27. The van der Waals surface area contributed by atoms with Crippen molar-refractivity contribution in [2.75, 3.05) is 12.4 Å². The number of methoxy groups -OCH3 is 1. The van der Waals surface area contributed by atoms with Crippen molar-refractivity contribution in [2.45, 2.75) is 6.92 Å². The lowest BCUT2D eigenvalue weighted by molar-refractivity contribution is 0.0600. The predicted molar refractivity (Wildman–Crippen MR) is 76.9 cm³/mol. The number of rotatable bonds is 3. The second-order valence-electron chi connectivity index (χ2n) is 4.46. The Hall–Kier alpha value is -2.69. The van der Waals surface area contributed by atoms with Gasteiger partial charge < -0.3 is 10.1 Å². The summed E-state index contributed by atoms with van der Waals surface area (Å²) in [7, 11) is 1.27. The summed E-state index contributed by atoms with van der Waals surface area (Å²) in [5.41, 5.74) is 1.05. The number of hydrogen-bond donors (Lipinski definition) is 1. The molecule has 0 aromatic heterocycles. The van der Waals surface area contributed by atoms with Crippen molar-refractivity contribution in [1.82, 2.24) is 0 Å². The van der Waals surface area contributed by atoms with E-state index in [1.165, 1.54) is 19.2 Å². The summed E-state index contributed by atoms with van der Waals surface area (Å²) in [4.78, 5) is 23.5. The lowest BCUT2D eigenvalue weighted by atomic mass is 10.1. The number of aryl methyl sites for hydroxylation is 1. The van der Waals surface area contributed by atoms with Crippen molar-refractivity contribution in [1.29, 1.82) is 0 Å². The topological polar surface area (TPSA) is 55.4 Å². The molecule has 108 valence electrons. The van der Waals surface area contributed by atoms with E-state index in [4.69, 9.17) is 0 Å². The second-order valence-corrected chi connectivity index (χ2v) is 4.46. The van der Waals surface area contributed by atoms with Crippen molar-refractivity contribution in [3.8, 4) is 0 Å². The number of hydrogen-bond acceptors (Lipinski definition) is 3. The zero-order valence-corrected chi connectivity index (χ0v) is 11.6. The summed E-state index contributed by atoms with van der Waals surface area (Å²) in [6.45, 7) is 1.59. The minimum Gasteiger partial charge on any atom is -0.465 e. The van der Waals surface area contributed by atoms with Gasteiger partial charge in [0.2, 0.25) is 0 Å². The van der Waals surface area contributed by atoms with E-state index < -0.39 is 17.7 Å². The number of benzene rings is 2. The van der Waals surface area contributed by atoms with Crippen LogP contribution in [0.1, 0.15) is 26.3 Å². The molecule has 0 aliphatic heterocycles. The molecule has 0 heterocycles. The fourth-order valence-corrected chi connectivity index (χ4v) is 1.86. The van der Waals surface area contributed by atoms with Crippen molar-refractivity contribution in [2.24, 2.45) is 0 Å². The molecule has 5 heteroatoms. The Bertz CT molecular complexity index is 698. The molecule has 4 nitrogen and oxygen atoms in total. The average Bonchev–Trinajstić information content (AvgIpc) is 2.49. The molecule has 0 fully saturated rings. The van der Waals surface area contributed by atoms with Gasteiger partial charge >= 0.3 is 5.97 Å². The second kappa shape index (κ2) is 6.17. The van der Waals surface area contributed by atoms with E-state index in [9.17, 15) is 14.0 Å². The fraction of sp³-hybridized carbons (Fsp3) is 0.125. The third-order valence-electron chi connectivity index (χ3n) is 2.98. The van der Waals surface area contributed by atoms with Crippen LogP contribution in [0, 0.1) is 12.7 Å². The lowest BCUT2D eigenvalue weighted by Crippen LogP contribution is -2.14. The zero-order valence-electron chi connectivity index (χ0n) is 11.6.